The summed E-state index contributed by atoms with van der Waals surface area (Å²) in [6, 6.07) is 7.42. The highest BCUT2D eigenvalue weighted by atomic mass is 32.2. The van der Waals surface area contributed by atoms with Crippen LogP contribution in [0.2, 0.25) is 0 Å². The summed E-state index contributed by atoms with van der Waals surface area (Å²) < 4.78 is 25.3. The lowest BCUT2D eigenvalue weighted by molar-refractivity contribution is 0.520. The fraction of sp³-hybridized carbons (Fsp3) is 0.588. The van der Waals surface area contributed by atoms with Gasteiger partial charge in [-0.2, -0.15) is 0 Å². The van der Waals surface area contributed by atoms with E-state index in [0.29, 0.717) is 17.5 Å². The van der Waals surface area contributed by atoms with Gasteiger partial charge in [-0.05, 0) is 37.5 Å². The van der Waals surface area contributed by atoms with Gasteiger partial charge in [0.1, 0.15) is 0 Å². The highest BCUT2D eigenvalue weighted by Gasteiger charge is 2.17. The molecule has 6 nitrogen and oxygen atoms in total. The van der Waals surface area contributed by atoms with Crippen LogP contribution in [0.15, 0.2) is 34.2 Å². The van der Waals surface area contributed by atoms with Gasteiger partial charge in [0, 0.05) is 26.7 Å². The van der Waals surface area contributed by atoms with E-state index in [9.17, 15) is 8.42 Å². The Morgan fingerprint density at radius 1 is 1.21 bits per heavy atom. The summed E-state index contributed by atoms with van der Waals surface area (Å²) in [5.74, 6) is 0.828. The van der Waals surface area contributed by atoms with Crippen molar-refractivity contribution in [2.75, 3.05) is 20.6 Å². The van der Waals surface area contributed by atoms with Crippen molar-refractivity contribution >= 4 is 16.0 Å². The predicted octanol–water partition coefficient (Wildman–Crippen LogP) is 1.93. The molecule has 1 aromatic carbocycles. The number of rotatable bonds is 6. The first-order valence-electron chi connectivity index (χ1n) is 8.50. The number of guanidine groups is 1. The van der Waals surface area contributed by atoms with Crippen LogP contribution in [0.3, 0.4) is 0 Å². The first kappa shape index (κ1) is 18.7. The van der Waals surface area contributed by atoms with Crippen molar-refractivity contribution < 1.29 is 8.42 Å². The maximum atomic E-state index is 12.1. The van der Waals surface area contributed by atoms with E-state index >= 15 is 0 Å². The molecule has 0 aliphatic heterocycles. The zero-order chi connectivity index (χ0) is 17.6. The minimum Gasteiger partial charge on any atom is -0.357 e. The topological polar surface area (TPSA) is 73.8 Å². The molecule has 24 heavy (non-hydrogen) atoms. The van der Waals surface area contributed by atoms with Crippen LogP contribution < -0.4 is 10.6 Å². The molecule has 0 atom stereocenters. The van der Waals surface area contributed by atoms with Crippen LogP contribution in [-0.2, 0) is 16.6 Å². The van der Waals surface area contributed by atoms with Gasteiger partial charge in [-0.25, -0.2) is 17.7 Å². The first-order chi connectivity index (χ1) is 11.4. The van der Waals surface area contributed by atoms with Crippen molar-refractivity contribution in [3.05, 3.63) is 29.8 Å². The van der Waals surface area contributed by atoms with E-state index in [0.717, 1.165) is 18.1 Å². The second-order valence-corrected chi connectivity index (χ2v) is 8.40. The van der Waals surface area contributed by atoms with Gasteiger partial charge in [0.15, 0.2) is 5.96 Å². The Balaban J connectivity index is 2.02. The third kappa shape index (κ3) is 4.95. The van der Waals surface area contributed by atoms with E-state index in [2.05, 4.69) is 15.6 Å². The Bertz CT molecular complexity index is 648. The normalized spacial score (nSPS) is 16.6. The largest absolute Gasteiger partial charge is 0.357 e. The standard InChI is InChI=1S/C17H28N4O2S/c1-4-18-17(20-15-7-5-6-8-15)19-13-14-9-11-16(12-10-14)24(22,23)21(2)3/h9-12,15H,4-8,13H2,1-3H3,(H2,18,19,20). The smallest absolute Gasteiger partial charge is 0.242 e. The summed E-state index contributed by atoms with van der Waals surface area (Å²) in [4.78, 5) is 4.91. The number of nitrogens with zero attached hydrogens (tertiary/aromatic N) is 2. The summed E-state index contributed by atoms with van der Waals surface area (Å²) in [5.41, 5.74) is 0.983. The van der Waals surface area contributed by atoms with Crippen LogP contribution in [-0.4, -0.2) is 45.4 Å². The summed E-state index contributed by atoms with van der Waals surface area (Å²) in [7, 11) is -0.311. The van der Waals surface area contributed by atoms with Crippen LogP contribution in [0.4, 0.5) is 0 Å². The van der Waals surface area contributed by atoms with Gasteiger partial charge in [-0.1, -0.05) is 25.0 Å². The number of benzene rings is 1. The van der Waals surface area contributed by atoms with E-state index in [4.69, 9.17) is 0 Å². The molecule has 0 amide bonds. The predicted molar refractivity (Wildman–Crippen MR) is 97.5 cm³/mol. The summed E-state index contributed by atoms with van der Waals surface area (Å²) in [6.45, 7) is 3.38. The zero-order valence-electron chi connectivity index (χ0n) is 14.7. The van der Waals surface area contributed by atoms with E-state index < -0.39 is 10.0 Å². The van der Waals surface area contributed by atoms with E-state index in [-0.39, 0.29) is 0 Å². The number of nitrogens with one attached hydrogen (secondary N) is 2. The molecule has 1 aliphatic rings. The van der Waals surface area contributed by atoms with Crippen LogP contribution >= 0.6 is 0 Å². The molecule has 0 saturated heterocycles. The van der Waals surface area contributed by atoms with Crippen molar-refractivity contribution in [1.82, 2.24) is 14.9 Å². The third-order valence-electron chi connectivity index (χ3n) is 4.16. The lowest BCUT2D eigenvalue weighted by Crippen LogP contribution is -2.42. The second-order valence-electron chi connectivity index (χ2n) is 6.25. The molecule has 0 radical (unpaired) electrons. The monoisotopic (exact) mass is 352 g/mol. The number of hydrogen-bond acceptors (Lipinski definition) is 3. The molecule has 0 spiro atoms. The van der Waals surface area contributed by atoms with E-state index in [1.54, 1.807) is 12.1 Å². The lowest BCUT2D eigenvalue weighted by atomic mass is 10.2. The quantitative estimate of drug-likeness (QED) is 0.606. The Morgan fingerprint density at radius 3 is 2.38 bits per heavy atom. The first-order valence-corrected chi connectivity index (χ1v) is 9.94. The van der Waals surface area contributed by atoms with Crippen LogP contribution in [0.5, 0.6) is 0 Å². The zero-order valence-corrected chi connectivity index (χ0v) is 15.6. The van der Waals surface area contributed by atoms with Gasteiger partial charge < -0.3 is 10.6 Å². The Hall–Kier alpha value is -1.60. The molecular formula is C17H28N4O2S. The minimum atomic E-state index is -3.38. The highest BCUT2D eigenvalue weighted by Crippen LogP contribution is 2.17. The summed E-state index contributed by atoms with van der Waals surface area (Å²) >= 11 is 0. The average molecular weight is 353 g/mol. The van der Waals surface area contributed by atoms with Gasteiger partial charge in [0.05, 0.1) is 11.4 Å². The molecule has 2 rings (SSSR count). The van der Waals surface area contributed by atoms with Crippen molar-refractivity contribution in [3.63, 3.8) is 0 Å². The molecule has 1 aromatic rings. The van der Waals surface area contributed by atoms with E-state index in [1.165, 1.54) is 44.1 Å². The van der Waals surface area contributed by atoms with Gasteiger partial charge in [0.2, 0.25) is 10.0 Å². The molecule has 7 heteroatoms. The SMILES string of the molecule is CCNC(=NCc1ccc(S(=O)(=O)N(C)C)cc1)NC1CCCC1. The number of aliphatic imine (C=N–C) groups is 1. The highest BCUT2D eigenvalue weighted by molar-refractivity contribution is 7.89. The van der Waals surface area contributed by atoms with Crippen molar-refractivity contribution in [1.29, 1.82) is 0 Å². The maximum absolute atomic E-state index is 12.1. The third-order valence-corrected chi connectivity index (χ3v) is 5.99. The fourth-order valence-corrected chi connectivity index (χ4v) is 3.63. The Kier molecular flexibility index (Phi) is 6.62. The molecule has 2 N–H and O–H groups in total. The number of sulfonamides is 1. The molecule has 0 bridgehead atoms. The van der Waals surface area contributed by atoms with Crippen molar-refractivity contribution in [3.8, 4) is 0 Å². The lowest BCUT2D eigenvalue weighted by Gasteiger charge is -2.16. The number of hydrogen-bond donors (Lipinski definition) is 2. The van der Waals surface area contributed by atoms with Crippen LogP contribution in [0, 0.1) is 0 Å². The molecular weight excluding hydrogens is 324 g/mol. The molecule has 0 heterocycles. The molecule has 1 fully saturated rings. The molecule has 1 aliphatic carbocycles. The fourth-order valence-electron chi connectivity index (χ4n) is 2.73. The van der Waals surface area contributed by atoms with Crippen molar-refractivity contribution in [2.45, 2.75) is 50.1 Å². The van der Waals surface area contributed by atoms with Gasteiger partial charge >= 0.3 is 0 Å². The Morgan fingerprint density at radius 2 is 1.83 bits per heavy atom. The van der Waals surface area contributed by atoms with Crippen LogP contribution in [0.25, 0.3) is 0 Å². The summed E-state index contributed by atoms with van der Waals surface area (Å²) in [6.07, 6.45) is 4.95. The average Bonchev–Trinajstić information content (AvgIpc) is 3.06. The maximum Gasteiger partial charge on any atom is 0.242 e. The molecule has 0 unspecified atom stereocenters. The second kappa shape index (κ2) is 8.48. The van der Waals surface area contributed by atoms with Crippen LogP contribution in [0.1, 0.15) is 38.2 Å². The Labute approximate surface area is 145 Å². The van der Waals surface area contributed by atoms with Gasteiger partial charge in [-0.3, -0.25) is 0 Å². The molecule has 134 valence electrons. The van der Waals surface area contributed by atoms with Gasteiger partial charge in [0.25, 0.3) is 0 Å². The summed E-state index contributed by atoms with van der Waals surface area (Å²) in [5, 5.41) is 6.74. The van der Waals surface area contributed by atoms with Crippen molar-refractivity contribution in [2.24, 2.45) is 4.99 Å². The van der Waals surface area contributed by atoms with E-state index in [1.807, 2.05) is 19.1 Å². The van der Waals surface area contributed by atoms with Gasteiger partial charge in [-0.15, -0.1) is 0 Å². The molecule has 0 aromatic heterocycles. The molecule has 1 saturated carbocycles. The minimum absolute atomic E-state index is 0.302.